The summed E-state index contributed by atoms with van der Waals surface area (Å²) in [6.07, 6.45) is 1.12. The summed E-state index contributed by atoms with van der Waals surface area (Å²) in [7, 11) is 2.13. The third kappa shape index (κ3) is 3.98. The fourth-order valence-electron chi connectivity index (χ4n) is 1.99. The van der Waals surface area contributed by atoms with Gasteiger partial charge in [0.1, 0.15) is 0 Å². The van der Waals surface area contributed by atoms with Gasteiger partial charge in [-0.05, 0) is 38.1 Å². The quantitative estimate of drug-likeness (QED) is 0.844. The van der Waals surface area contributed by atoms with Crippen LogP contribution in [-0.4, -0.2) is 25.0 Å². The molecule has 2 N–H and O–H groups in total. The van der Waals surface area contributed by atoms with Crippen LogP contribution in [0.3, 0.4) is 0 Å². The Kier molecular flexibility index (Phi) is 5.96. The van der Waals surface area contributed by atoms with Crippen molar-refractivity contribution in [3.63, 3.8) is 0 Å². The molecule has 0 aromatic heterocycles. The second-order valence-corrected chi connectivity index (χ2v) is 5.05. The standard InChI is InChI=1S/C14H23ClN2/c1-4-12(9-16)10-17(3)11(2)13-7-5-6-8-14(13)15/h5-8,11-12H,4,9-10,16H2,1-3H3. The maximum Gasteiger partial charge on any atom is 0.0453 e. The number of nitrogens with two attached hydrogens (primary N) is 1. The van der Waals surface area contributed by atoms with Crippen molar-refractivity contribution < 1.29 is 0 Å². The first-order valence-corrected chi connectivity index (χ1v) is 6.62. The van der Waals surface area contributed by atoms with Crippen LogP contribution in [0.5, 0.6) is 0 Å². The summed E-state index contributed by atoms with van der Waals surface area (Å²) in [6.45, 7) is 6.13. The molecule has 0 aliphatic rings. The van der Waals surface area contributed by atoms with E-state index in [0.29, 0.717) is 12.0 Å². The van der Waals surface area contributed by atoms with Crippen LogP contribution in [0.25, 0.3) is 0 Å². The summed E-state index contributed by atoms with van der Waals surface area (Å²) >= 11 is 6.22. The molecule has 2 nitrogen and oxygen atoms in total. The monoisotopic (exact) mass is 254 g/mol. The number of benzene rings is 1. The van der Waals surface area contributed by atoms with Crippen LogP contribution >= 0.6 is 11.6 Å². The number of halogens is 1. The Bertz CT molecular complexity index is 337. The first kappa shape index (κ1) is 14.5. The Morgan fingerprint density at radius 1 is 1.35 bits per heavy atom. The maximum atomic E-state index is 6.22. The van der Waals surface area contributed by atoms with E-state index in [-0.39, 0.29) is 0 Å². The lowest BCUT2D eigenvalue weighted by Gasteiger charge is -2.29. The molecule has 0 bridgehead atoms. The van der Waals surface area contributed by atoms with E-state index in [1.54, 1.807) is 0 Å². The van der Waals surface area contributed by atoms with Crippen LogP contribution in [-0.2, 0) is 0 Å². The zero-order chi connectivity index (χ0) is 12.8. The van der Waals surface area contributed by atoms with Gasteiger partial charge in [0.2, 0.25) is 0 Å². The van der Waals surface area contributed by atoms with E-state index >= 15 is 0 Å². The molecule has 0 saturated carbocycles. The van der Waals surface area contributed by atoms with E-state index in [0.717, 1.165) is 24.5 Å². The van der Waals surface area contributed by atoms with E-state index < -0.39 is 0 Å². The molecule has 0 radical (unpaired) electrons. The van der Waals surface area contributed by atoms with E-state index in [1.165, 1.54) is 5.56 Å². The topological polar surface area (TPSA) is 29.3 Å². The maximum absolute atomic E-state index is 6.22. The highest BCUT2D eigenvalue weighted by atomic mass is 35.5. The number of nitrogens with zero attached hydrogens (tertiary/aromatic N) is 1. The zero-order valence-electron chi connectivity index (χ0n) is 11.0. The molecule has 3 heteroatoms. The van der Waals surface area contributed by atoms with Crippen molar-refractivity contribution in [2.24, 2.45) is 11.7 Å². The summed E-state index contributed by atoms with van der Waals surface area (Å²) in [5, 5.41) is 0.840. The largest absolute Gasteiger partial charge is 0.330 e. The van der Waals surface area contributed by atoms with Crippen molar-refractivity contribution in [1.29, 1.82) is 0 Å². The Hall–Kier alpha value is -0.570. The molecule has 0 saturated heterocycles. The van der Waals surface area contributed by atoms with Gasteiger partial charge < -0.3 is 5.73 Å². The normalized spacial score (nSPS) is 14.9. The predicted molar refractivity (Wildman–Crippen MR) is 75.3 cm³/mol. The van der Waals surface area contributed by atoms with Crippen molar-refractivity contribution in [2.75, 3.05) is 20.1 Å². The van der Waals surface area contributed by atoms with Crippen molar-refractivity contribution in [2.45, 2.75) is 26.3 Å². The summed E-state index contributed by atoms with van der Waals surface area (Å²) in [5.41, 5.74) is 6.93. The highest BCUT2D eigenvalue weighted by Gasteiger charge is 2.16. The van der Waals surface area contributed by atoms with Crippen molar-refractivity contribution in [3.05, 3.63) is 34.9 Å². The van der Waals surface area contributed by atoms with Crippen LogP contribution in [0, 0.1) is 5.92 Å². The minimum absolute atomic E-state index is 0.323. The zero-order valence-corrected chi connectivity index (χ0v) is 11.7. The average Bonchev–Trinajstić information content (AvgIpc) is 2.35. The summed E-state index contributed by atoms with van der Waals surface area (Å²) in [5.74, 6) is 0.560. The number of hydrogen-bond donors (Lipinski definition) is 1. The molecule has 0 amide bonds. The van der Waals surface area contributed by atoms with Gasteiger partial charge in [-0.25, -0.2) is 0 Å². The van der Waals surface area contributed by atoms with Gasteiger partial charge in [-0.1, -0.05) is 43.1 Å². The van der Waals surface area contributed by atoms with Crippen molar-refractivity contribution in [3.8, 4) is 0 Å². The first-order valence-electron chi connectivity index (χ1n) is 6.24. The van der Waals surface area contributed by atoms with Gasteiger partial charge in [0, 0.05) is 17.6 Å². The van der Waals surface area contributed by atoms with Crippen molar-refractivity contribution >= 4 is 11.6 Å². The molecule has 0 aliphatic heterocycles. The van der Waals surface area contributed by atoms with Crippen LogP contribution in [0.1, 0.15) is 31.9 Å². The molecular formula is C14H23ClN2. The smallest absolute Gasteiger partial charge is 0.0453 e. The van der Waals surface area contributed by atoms with Crippen LogP contribution in [0.4, 0.5) is 0 Å². The number of hydrogen-bond acceptors (Lipinski definition) is 2. The highest BCUT2D eigenvalue weighted by molar-refractivity contribution is 6.31. The summed E-state index contributed by atoms with van der Waals surface area (Å²) < 4.78 is 0. The molecule has 2 atom stereocenters. The molecular weight excluding hydrogens is 232 g/mol. The Balaban J connectivity index is 2.69. The molecule has 0 heterocycles. The molecule has 1 rings (SSSR count). The van der Waals surface area contributed by atoms with E-state index in [2.05, 4.69) is 31.9 Å². The molecule has 17 heavy (non-hydrogen) atoms. The van der Waals surface area contributed by atoms with Crippen LogP contribution in [0.2, 0.25) is 5.02 Å². The Morgan fingerprint density at radius 2 is 2.00 bits per heavy atom. The average molecular weight is 255 g/mol. The molecule has 2 unspecified atom stereocenters. The van der Waals surface area contributed by atoms with Crippen LogP contribution in [0.15, 0.2) is 24.3 Å². The fraction of sp³-hybridized carbons (Fsp3) is 0.571. The molecule has 0 spiro atoms. The van der Waals surface area contributed by atoms with Gasteiger partial charge >= 0.3 is 0 Å². The lowest BCUT2D eigenvalue weighted by atomic mass is 10.0. The molecule has 96 valence electrons. The first-order chi connectivity index (χ1) is 8.10. The SMILES string of the molecule is CCC(CN)CN(C)C(C)c1ccccc1Cl. The number of rotatable bonds is 6. The third-order valence-electron chi connectivity index (χ3n) is 3.47. The third-order valence-corrected chi connectivity index (χ3v) is 3.82. The van der Waals surface area contributed by atoms with Gasteiger partial charge in [0.25, 0.3) is 0 Å². The van der Waals surface area contributed by atoms with Crippen LogP contribution < -0.4 is 5.73 Å². The Morgan fingerprint density at radius 3 is 2.53 bits per heavy atom. The lowest BCUT2D eigenvalue weighted by Crippen LogP contribution is -2.31. The van der Waals surface area contributed by atoms with E-state index in [9.17, 15) is 0 Å². The second kappa shape index (κ2) is 7.00. The molecule has 0 aliphatic carbocycles. The summed E-state index contributed by atoms with van der Waals surface area (Å²) in [6, 6.07) is 8.36. The van der Waals surface area contributed by atoms with Gasteiger partial charge in [0.15, 0.2) is 0 Å². The minimum atomic E-state index is 0.323. The fourth-order valence-corrected chi connectivity index (χ4v) is 2.28. The van der Waals surface area contributed by atoms with Gasteiger partial charge in [-0.3, -0.25) is 4.90 Å². The van der Waals surface area contributed by atoms with Gasteiger partial charge in [-0.2, -0.15) is 0 Å². The van der Waals surface area contributed by atoms with Gasteiger partial charge in [0.05, 0.1) is 0 Å². The Labute approximate surface area is 110 Å². The molecule has 0 fully saturated rings. The highest BCUT2D eigenvalue weighted by Crippen LogP contribution is 2.26. The summed E-state index contributed by atoms with van der Waals surface area (Å²) in [4.78, 5) is 2.32. The van der Waals surface area contributed by atoms with E-state index in [4.69, 9.17) is 17.3 Å². The predicted octanol–water partition coefficient (Wildman–Crippen LogP) is 3.32. The molecule has 1 aromatic rings. The lowest BCUT2D eigenvalue weighted by molar-refractivity contribution is 0.219. The second-order valence-electron chi connectivity index (χ2n) is 4.65. The van der Waals surface area contributed by atoms with E-state index in [1.807, 2.05) is 18.2 Å². The van der Waals surface area contributed by atoms with Crippen molar-refractivity contribution in [1.82, 2.24) is 4.90 Å². The van der Waals surface area contributed by atoms with Gasteiger partial charge in [-0.15, -0.1) is 0 Å². The minimum Gasteiger partial charge on any atom is -0.330 e. The molecule has 1 aromatic carbocycles.